The molecule has 2 rings (SSSR count). The van der Waals surface area contributed by atoms with Crippen LogP contribution in [0.5, 0.6) is 0 Å². The summed E-state index contributed by atoms with van der Waals surface area (Å²) >= 11 is 1.82. The van der Waals surface area contributed by atoms with Crippen LogP contribution in [0.2, 0.25) is 0 Å². The van der Waals surface area contributed by atoms with E-state index in [1.807, 2.05) is 11.3 Å². The normalized spacial score (nSPS) is 21.1. The molecule has 0 bridgehead atoms. The molecule has 0 saturated carbocycles. The second-order valence-corrected chi connectivity index (χ2v) is 5.61. The molecule has 98 valence electrons. The minimum Gasteiger partial charge on any atom is -0.378 e. The Morgan fingerprint density at radius 2 is 2.47 bits per heavy atom. The summed E-state index contributed by atoms with van der Waals surface area (Å²) in [6.45, 7) is 4.24. The molecule has 4 heteroatoms. The molecule has 2 unspecified atom stereocenters. The molecule has 2 atom stereocenters. The number of nitrogens with one attached hydrogen (secondary N) is 1. The Morgan fingerprint density at radius 3 is 3.12 bits per heavy atom. The summed E-state index contributed by atoms with van der Waals surface area (Å²) in [4.78, 5) is 1.42. The van der Waals surface area contributed by atoms with Crippen molar-refractivity contribution >= 4 is 23.7 Å². The van der Waals surface area contributed by atoms with Gasteiger partial charge in [-0.2, -0.15) is 0 Å². The Balaban J connectivity index is 0.00000144. The average Bonchev–Trinajstić information content (AvgIpc) is 2.96. The highest BCUT2D eigenvalue weighted by Crippen LogP contribution is 2.17. The molecule has 2 nitrogen and oxygen atoms in total. The van der Waals surface area contributed by atoms with Gasteiger partial charge in [0.05, 0.1) is 6.10 Å². The third kappa shape index (κ3) is 5.38. The highest BCUT2D eigenvalue weighted by molar-refractivity contribution is 7.09. The molecule has 0 spiro atoms. The molecule has 1 aromatic heterocycles. The van der Waals surface area contributed by atoms with Gasteiger partial charge in [-0.15, -0.1) is 23.7 Å². The largest absolute Gasteiger partial charge is 0.378 e. The SMILES string of the molecule is CC(CCC1CCCO1)NCc1cccs1.Cl. The number of halogens is 1. The number of rotatable bonds is 6. The first-order chi connectivity index (χ1) is 7.84. The molecule has 1 saturated heterocycles. The fourth-order valence-electron chi connectivity index (χ4n) is 2.10. The van der Waals surface area contributed by atoms with Crippen LogP contribution in [0.15, 0.2) is 17.5 Å². The van der Waals surface area contributed by atoms with Gasteiger partial charge in [0.25, 0.3) is 0 Å². The van der Waals surface area contributed by atoms with E-state index in [-0.39, 0.29) is 12.4 Å². The van der Waals surface area contributed by atoms with Crippen molar-refractivity contribution in [3.05, 3.63) is 22.4 Å². The Hall–Kier alpha value is -0.0900. The van der Waals surface area contributed by atoms with Gasteiger partial charge >= 0.3 is 0 Å². The standard InChI is InChI=1S/C13H21NOS.ClH/c1-11(6-7-12-4-2-8-15-12)14-10-13-5-3-9-16-13;/h3,5,9,11-12,14H,2,4,6-8,10H2,1H3;1H. The van der Waals surface area contributed by atoms with E-state index in [1.165, 1.54) is 30.6 Å². The quantitative estimate of drug-likeness (QED) is 0.856. The monoisotopic (exact) mass is 275 g/mol. The van der Waals surface area contributed by atoms with E-state index in [0.29, 0.717) is 12.1 Å². The maximum Gasteiger partial charge on any atom is 0.0576 e. The van der Waals surface area contributed by atoms with Crippen LogP contribution in [0.3, 0.4) is 0 Å². The maximum atomic E-state index is 5.63. The molecule has 0 aromatic carbocycles. The van der Waals surface area contributed by atoms with E-state index < -0.39 is 0 Å². The third-order valence-corrected chi connectivity index (χ3v) is 4.03. The van der Waals surface area contributed by atoms with Crippen LogP contribution in [-0.2, 0) is 11.3 Å². The van der Waals surface area contributed by atoms with Crippen molar-refractivity contribution in [1.82, 2.24) is 5.32 Å². The van der Waals surface area contributed by atoms with Crippen LogP contribution in [-0.4, -0.2) is 18.8 Å². The Morgan fingerprint density at radius 1 is 1.59 bits per heavy atom. The number of thiophene rings is 1. The summed E-state index contributed by atoms with van der Waals surface area (Å²) in [5, 5.41) is 5.70. The van der Waals surface area contributed by atoms with Crippen molar-refractivity contribution in [2.45, 2.75) is 51.3 Å². The summed E-state index contributed by atoms with van der Waals surface area (Å²) in [5.41, 5.74) is 0. The molecule has 1 fully saturated rings. The van der Waals surface area contributed by atoms with Crippen LogP contribution in [0, 0.1) is 0 Å². The highest BCUT2D eigenvalue weighted by atomic mass is 35.5. The zero-order valence-electron chi connectivity index (χ0n) is 10.4. The number of hydrogen-bond donors (Lipinski definition) is 1. The zero-order valence-corrected chi connectivity index (χ0v) is 12.0. The van der Waals surface area contributed by atoms with E-state index in [4.69, 9.17) is 4.74 Å². The number of ether oxygens (including phenoxy) is 1. The van der Waals surface area contributed by atoms with Gasteiger partial charge in [-0.25, -0.2) is 0 Å². The zero-order chi connectivity index (χ0) is 11.2. The summed E-state index contributed by atoms with van der Waals surface area (Å²) in [7, 11) is 0. The van der Waals surface area contributed by atoms with Gasteiger partial charge in [-0.1, -0.05) is 6.07 Å². The predicted molar refractivity (Wildman–Crippen MR) is 76.1 cm³/mol. The van der Waals surface area contributed by atoms with E-state index in [2.05, 4.69) is 29.8 Å². The van der Waals surface area contributed by atoms with Gasteiger partial charge in [0.1, 0.15) is 0 Å². The Bertz CT molecular complexity index is 286. The van der Waals surface area contributed by atoms with Crippen LogP contribution >= 0.6 is 23.7 Å². The topological polar surface area (TPSA) is 21.3 Å². The van der Waals surface area contributed by atoms with Crippen molar-refractivity contribution in [2.24, 2.45) is 0 Å². The molecule has 1 N–H and O–H groups in total. The molecule has 1 aromatic rings. The van der Waals surface area contributed by atoms with Crippen molar-refractivity contribution in [3.63, 3.8) is 0 Å². The molecule has 17 heavy (non-hydrogen) atoms. The molecule has 0 aliphatic carbocycles. The maximum absolute atomic E-state index is 5.63. The first-order valence-electron chi connectivity index (χ1n) is 6.22. The van der Waals surface area contributed by atoms with Gasteiger partial charge in [-0.05, 0) is 44.1 Å². The highest BCUT2D eigenvalue weighted by Gasteiger charge is 2.16. The van der Waals surface area contributed by atoms with Gasteiger partial charge in [-0.3, -0.25) is 0 Å². The first-order valence-corrected chi connectivity index (χ1v) is 7.10. The minimum absolute atomic E-state index is 0. The van der Waals surface area contributed by atoms with Crippen molar-refractivity contribution in [3.8, 4) is 0 Å². The second-order valence-electron chi connectivity index (χ2n) is 4.57. The molecular formula is C13H22ClNOS. The minimum atomic E-state index is 0. The lowest BCUT2D eigenvalue weighted by atomic mass is 10.1. The Kier molecular flexibility index (Phi) is 7.12. The fourth-order valence-corrected chi connectivity index (χ4v) is 2.75. The first kappa shape index (κ1) is 15.0. The van der Waals surface area contributed by atoms with Gasteiger partial charge in [0.15, 0.2) is 0 Å². The van der Waals surface area contributed by atoms with Crippen molar-refractivity contribution in [1.29, 1.82) is 0 Å². The van der Waals surface area contributed by atoms with Gasteiger partial charge in [0.2, 0.25) is 0 Å². The summed E-state index contributed by atoms with van der Waals surface area (Å²) in [6.07, 6.45) is 5.47. The summed E-state index contributed by atoms with van der Waals surface area (Å²) < 4.78 is 5.63. The van der Waals surface area contributed by atoms with Crippen molar-refractivity contribution in [2.75, 3.05) is 6.61 Å². The summed E-state index contributed by atoms with van der Waals surface area (Å²) in [5.74, 6) is 0. The Labute approximate surface area is 114 Å². The molecule has 2 heterocycles. The average molecular weight is 276 g/mol. The van der Waals surface area contributed by atoms with Crippen LogP contribution in [0.4, 0.5) is 0 Å². The lowest BCUT2D eigenvalue weighted by Crippen LogP contribution is -2.26. The molecule has 1 aliphatic rings. The van der Waals surface area contributed by atoms with E-state index in [9.17, 15) is 0 Å². The lowest BCUT2D eigenvalue weighted by Gasteiger charge is -2.15. The van der Waals surface area contributed by atoms with Gasteiger partial charge < -0.3 is 10.1 Å². The second kappa shape index (κ2) is 8.09. The van der Waals surface area contributed by atoms with E-state index in [0.717, 1.165) is 13.2 Å². The van der Waals surface area contributed by atoms with Crippen LogP contribution in [0.25, 0.3) is 0 Å². The smallest absolute Gasteiger partial charge is 0.0576 e. The van der Waals surface area contributed by atoms with Crippen LogP contribution < -0.4 is 5.32 Å². The number of hydrogen-bond acceptors (Lipinski definition) is 3. The molecule has 0 amide bonds. The lowest BCUT2D eigenvalue weighted by molar-refractivity contribution is 0.100. The van der Waals surface area contributed by atoms with E-state index in [1.54, 1.807) is 0 Å². The molecule has 0 radical (unpaired) electrons. The van der Waals surface area contributed by atoms with Crippen molar-refractivity contribution < 1.29 is 4.74 Å². The molecular weight excluding hydrogens is 254 g/mol. The predicted octanol–water partition coefficient (Wildman–Crippen LogP) is 3.61. The fraction of sp³-hybridized carbons (Fsp3) is 0.692. The van der Waals surface area contributed by atoms with Gasteiger partial charge in [0, 0.05) is 24.1 Å². The summed E-state index contributed by atoms with van der Waals surface area (Å²) in [6, 6.07) is 4.88. The third-order valence-electron chi connectivity index (χ3n) is 3.15. The van der Waals surface area contributed by atoms with E-state index >= 15 is 0 Å². The van der Waals surface area contributed by atoms with Crippen LogP contribution in [0.1, 0.15) is 37.5 Å². The molecule has 1 aliphatic heterocycles.